The number of rotatable bonds is 3. The van der Waals surface area contributed by atoms with E-state index < -0.39 is 11.6 Å². The second-order valence-electron chi connectivity index (χ2n) is 3.80. The van der Waals surface area contributed by atoms with Crippen molar-refractivity contribution >= 4 is 44.5 Å². The largest absolute Gasteiger partial charge is 0.389 e. The molecule has 2 aromatic carbocycles. The molecule has 2 rings (SSSR count). The summed E-state index contributed by atoms with van der Waals surface area (Å²) in [5.74, 6) is -1.09. The Morgan fingerprint density at radius 3 is 2.53 bits per heavy atom. The average Bonchev–Trinajstić information content (AvgIpc) is 2.35. The van der Waals surface area contributed by atoms with Crippen LogP contribution in [-0.4, -0.2) is 4.99 Å². The minimum Gasteiger partial charge on any atom is -0.389 e. The van der Waals surface area contributed by atoms with Crippen LogP contribution in [0.15, 0.2) is 40.9 Å². The summed E-state index contributed by atoms with van der Waals surface area (Å²) in [6.07, 6.45) is 0. The van der Waals surface area contributed by atoms with Crippen LogP contribution in [0, 0.1) is 11.6 Å². The first-order valence-electron chi connectivity index (χ1n) is 5.29. The zero-order chi connectivity index (χ0) is 14.0. The first kappa shape index (κ1) is 13.9. The molecule has 0 heterocycles. The molecule has 0 amide bonds. The van der Waals surface area contributed by atoms with Crippen LogP contribution >= 0.6 is 28.1 Å². The van der Waals surface area contributed by atoms with Crippen molar-refractivity contribution < 1.29 is 8.78 Å². The van der Waals surface area contributed by atoms with E-state index in [1.54, 1.807) is 18.2 Å². The van der Waals surface area contributed by atoms with Gasteiger partial charge in [0.1, 0.15) is 16.6 Å². The number of anilines is 2. The van der Waals surface area contributed by atoms with Crippen LogP contribution in [0.4, 0.5) is 20.2 Å². The van der Waals surface area contributed by atoms with Gasteiger partial charge >= 0.3 is 0 Å². The molecule has 6 heteroatoms. The minimum absolute atomic E-state index is 0.0276. The third kappa shape index (κ3) is 3.27. The highest BCUT2D eigenvalue weighted by Crippen LogP contribution is 2.26. The second-order valence-corrected chi connectivity index (χ2v) is 5.16. The van der Waals surface area contributed by atoms with Gasteiger partial charge in [-0.05, 0) is 30.3 Å². The molecule has 2 nitrogen and oxygen atoms in total. The normalized spacial score (nSPS) is 10.3. The van der Waals surface area contributed by atoms with Crippen molar-refractivity contribution in [3.63, 3.8) is 0 Å². The number of hydrogen-bond donors (Lipinski definition) is 2. The fraction of sp³-hybridized carbons (Fsp3) is 0. The summed E-state index contributed by atoms with van der Waals surface area (Å²) >= 11 is 8.23. The molecule has 0 radical (unpaired) electrons. The Hall–Kier alpha value is -1.53. The van der Waals surface area contributed by atoms with Crippen molar-refractivity contribution in [1.29, 1.82) is 0 Å². The molecule has 0 aromatic heterocycles. The van der Waals surface area contributed by atoms with Gasteiger partial charge in [0.2, 0.25) is 0 Å². The molecule has 0 bridgehead atoms. The predicted molar refractivity (Wildman–Crippen MR) is 79.7 cm³/mol. The number of thiocarbonyl (C=S) groups is 1. The highest BCUT2D eigenvalue weighted by Gasteiger charge is 2.09. The van der Waals surface area contributed by atoms with Gasteiger partial charge in [-0.2, -0.15) is 0 Å². The molecule has 0 aliphatic heterocycles. The van der Waals surface area contributed by atoms with Gasteiger partial charge in [-0.25, -0.2) is 8.78 Å². The van der Waals surface area contributed by atoms with E-state index in [0.717, 1.165) is 22.7 Å². The zero-order valence-electron chi connectivity index (χ0n) is 9.58. The SMILES string of the molecule is NC(=S)c1cc(Br)ccc1Nc1cc(F)ccc1F. The molecule has 0 aliphatic rings. The van der Waals surface area contributed by atoms with Gasteiger partial charge in [-0.1, -0.05) is 28.1 Å². The van der Waals surface area contributed by atoms with Gasteiger partial charge < -0.3 is 11.1 Å². The van der Waals surface area contributed by atoms with Crippen molar-refractivity contribution in [2.24, 2.45) is 5.73 Å². The maximum Gasteiger partial charge on any atom is 0.146 e. The number of hydrogen-bond acceptors (Lipinski definition) is 2. The number of halogens is 3. The third-order valence-electron chi connectivity index (χ3n) is 2.44. The molecule has 3 N–H and O–H groups in total. The van der Waals surface area contributed by atoms with E-state index in [0.29, 0.717) is 11.3 Å². The molecule has 2 aromatic rings. The monoisotopic (exact) mass is 342 g/mol. The van der Waals surface area contributed by atoms with Crippen LogP contribution in [0.3, 0.4) is 0 Å². The van der Waals surface area contributed by atoms with Crippen molar-refractivity contribution in [2.75, 3.05) is 5.32 Å². The summed E-state index contributed by atoms with van der Waals surface area (Å²) in [6, 6.07) is 8.32. The zero-order valence-corrected chi connectivity index (χ0v) is 12.0. The number of nitrogens with one attached hydrogen (secondary N) is 1. The van der Waals surface area contributed by atoms with Crippen molar-refractivity contribution in [1.82, 2.24) is 0 Å². The summed E-state index contributed by atoms with van der Waals surface area (Å²) in [5.41, 5.74) is 6.70. The van der Waals surface area contributed by atoms with E-state index in [4.69, 9.17) is 18.0 Å². The summed E-state index contributed by atoms with van der Waals surface area (Å²) in [5, 5.41) is 2.79. The lowest BCUT2D eigenvalue weighted by Crippen LogP contribution is -2.12. The van der Waals surface area contributed by atoms with E-state index in [1.165, 1.54) is 0 Å². The number of nitrogens with two attached hydrogens (primary N) is 1. The third-order valence-corrected chi connectivity index (χ3v) is 3.16. The molecule has 19 heavy (non-hydrogen) atoms. The van der Waals surface area contributed by atoms with Crippen molar-refractivity contribution in [2.45, 2.75) is 0 Å². The summed E-state index contributed by atoms with van der Waals surface area (Å²) in [4.78, 5) is 0.167. The maximum absolute atomic E-state index is 13.6. The Labute approximate surface area is 122 Å². The van der Waals surface area contributed by atoms with E-state index in [-0.39, 0.29) is 10.7 Å². The highest BCUT2D eigenvalue weighted by molar-refractivity contribution is 9.10. The Kier molecular flexibility index (Phi) is 4.11. The average molecular weight is 343 g/mol. The molecule has 0 aliphatic carbocycles. The van der Waals surface area contributed by atoms with Gasteiger partial charge in [0.05, 0.1) is 5.69 Å². The summed E-state index contributed by atoms with van der Waals surface area (Å²) < 4.78 is 27.5. The summed E-state index contributed by atoms with van der Waals surface area (Å²) in [6.45, 7) is 0. The van der Waals surface area contributed by atoms with E-state index >= 15 is 0 Å². The lowest BCUT2D eigenvalue weighted by atomic mass is 10.1. The van der Waals surface area contributed by atoms with Crippen LogP contribution in [-0.2, 0) is 0 Å². The lowest BCUT2D eigenvalue weighted by Gasteiger charge is -2.12. The predicted octanol–water partition coefficient (Wildman–Crippen LogP) is 4.11. The fourth-order valence-corrected chi connectivity index (χ4v) is 2.10. The van der Waals surface area contributed by atoms with Gasteiger partial charge in [-0.3, -0.25) is 0 Å². The van der Waals surface area contributed by atoms with Crippen molar-refractivity contribution in [3.8, 4) is 0 Å². The molecule has 0 atom stereocenters. The van der Waals surface area contributed by atoms with E-state index in [2.05, 4.69) is 21.2 Å². The number of benzene rings is 2. The van der Waals surface area contributed by atoms with Gasteiger partial charge in [0, 0.05) is 21.8 Å². The van der Waals surface area contributed by atoms with Gasteiger partial charge in [0.15, 0.2) is 0 Å². The Balaban J connectivity index is 2.43. The molecule has 98 valence electrons. The van der Waals surface area contributed by atoms with Crippen LogP contribution in [0.5, 0.6) is 0 Å². The molecule has 0 unspecified atom stereocenters. The lowest BCUT2D eigenvalue weighted by molar-refractivity contribution is 0.603. The van der Waals surface area contributed by atoms with E-state index in [1.807, 2.05) is 0 Å². The standard InChI is InChI=1S/C13H9BrF2N2S/c14-7-1-4-11(9(5-7)13(17)19)18-12-6-8(15)2-3-10(12)16/h1-6,18H,(H2,17,19). The quantitative estimate of drug-likeness (QED) is 0.824. The highest BCUT2D eigenvalue weighted by atomic mass is 79.9. The first-order valence-corrected chi connectivity index (χ1v) is 6.49. The van der Waals surface area contributed by atoms with Gasteiger partial charge in [0.25, 0.3) is 0 Å². The molecule has 0 spiro atoms. The van der Waals surface area contributed by atoms with Crippen LogP contribution in [0.1, 0.15) is 5.56 Å². The van der Waals surface area contributed by atoms with Crippen molar-refractivity contribution in [3.05, 3.63) is 58.1 Å². The van der Waals surface area contributed by atoms with E-state index in [9.17, 15) is 8.78 Å². The molecule has 0 fully saturated rings. The Bertz CT molecular complexity index is 647. The molecule has 0 saturated carbocycles. The molecular formula is C13H9BrF2N2S. The first-order chi connectivity index (χ1) is 8.97. The Morgan fingerprint density at radius 2 is 1.84 bits per heavy atom. The van der Waals surface area contributed by atoms with Crippen LogP contribution in [0.25, 0.3) is 0 Å². The molecular weight excluding hydrogens is 334 g/mol. The van der Waals surface area contributed by atoms with Crippen LogP contribution in [0.2, 0.25) is 0 Å². The topological polar surface area (TPSA) is 38.0 Å². The smallest absolute Gasteiger partial charge is 0.146 e. The fourth-order valence-electron chi connectivity index (χ4n) is 1.57. The Morgan fingerprint density at radius 1 is 1.11 bits per heavy atom. The molecule has 0 saturated heterocycles. The minimum atomic E-state index is -0.557. The van der Waals surface area contributed by atoms with Gasteiger partial charge in [-0.15, -0.1) is 0 Å². The summed E-state index contributed by atoms with van der Waals surface area (Å²) in [7, 11) is 0. The van der Waals surface area contributed by atoms with Crippen LogP contribution < -0.4 is 11.1 Å². The second kappa shape index (κ2) is 5.63. The maximum atomic E-state index is 13.6.